The van der Waals surface area contributed by atoms with Crippen molar-refractivity contribution in [2.24, 2.45) is 0 Å². The number of nitrogens with one attached hydrogen (secondary N) is 3. The number of hydrogen-bond donors (Lipinski definition) is 3. The number of aromatic nitrogens is 7. The first-order chi connectivity index (χ1) is 20.5. The van der Waals surface area contributed by atoms with Crippen LogP contribution in [0.25, 0.3) is 55.8 Å². The molecule has 0 unspecified atom stereocenters. The van der Waals surface area contributed by atoms with E-state index in [4.69, 9.17) is 4.98 Å². The zero-order valence-corrected chi connectivity index (χ0v) is 22.4. The number of nitrogens with zero attached hydrogens (tertiary/aromatic N) is 5. The van der Waals surface area contributed by atoms with Gasteiger partial charge in [-0.05, 0) is 47.9 Å². The molecule has 0 bridgehead atoms. The lowest BCUT2D eigenvalue weighted by Crippen LogP contribution is -2.14. The Morgan fingerprint density at radius 3 is 2.62 bits per heavy atom. The van der Waals surface area contributed by atoms with Crippen LogP contribution in [0.2, 0.25) is 0 Å². The number of hydrogen-bond acceptors (Lipinski definition) is 6. The van der Waals surface area contributed by atoms with Crippen molar-refractivity contribution >= 4 is 33.5 Å². The number of halogens is 1. The highest BCUT2D eigenvalue weighted by molar-refractivity contribution is 5.98. The topological polar surface area (TPSA) is 125 Å². The van der Waals surface area contributed by atoms with Crippen LogP contribution in [0.4, 0.5) is 10.1 Å². The van der Waals surface area contributed by atoms with Gasteiger partial charge in [-0.3, -0.25) is 24.8 Å². The summed E-state index contributed by atoms with van der Waals surface area (Å²) in [6, 6.07) is 18.2. The molecule has 0 spiro atoms. The third-order valence-electron chi connectivity index (χ3n) is 6.94. The zero-order valence-electron chi connectivity index (χ0n) is 22.4. The van der Waals surface area contributed by atoms with Crippen molar-refractivity contribution in [3.05, 3.63) is 109 Å². The molecule has 0 radical (unpaired) electrons. The number of aromatic amines is 2. The molecule has 2 aromatic carbocycles. The van der Waals surface area contributed by atoms with Gasteiger partial charge in [-0.1, -0.05) is 36.4 Å². The first-order valence-corrected chi connectivity index (χ1v) is 13.3. The lowest BCUT2D eigenvalue weighted by Gasteiger charge is -2.07. The molecule has 5 heterocycles. The molecule has 0 atom stereocenters. The van der Waals surface area contributed by atoms with Gasteiger partial charge < -0.3 is 10.3 Å². The second kappa shape index (κ2) is 10.3. The molecule has 9 nitrogen and oxygen atoms in total. The number of pyridine rings is 3. The number of amides is 1. The van der Waals surface area contributed by atoms with Crippen LogP contribution in [0.15, 0.2) is 91.6 Å². The quantitative estimate of drug-likeness (QED) is 0.223. The minimum atomic E-state index is -0.314. The molecule has 42 heavy (non-hydrogen) atoms. The Kier molecular flexibility index (Phi) is 6.20. The average molecular weight is 555 g/mol. The van der Waals surface area contributed by atoms with Crippen LogP contribution in [0, 0.1) is 12.7 Å². The molecule has 10 heteroatoms. The van der Waals surface area contributed by atoms with E-state index in [0.717, 1.165) is 33.2 Å². The van der Waals surface area contributed by atoms with Gasteiger partial charge in [0, 0.05) is 28.9 Å². The lowest BCUT2D eigenvalue weighted by molar-refractivity contribution is -0.115. The summed E-state index contributed by atoms with van der Waals surface area (Å²) in [5.41, 5.74) is 7.83. The van der Waals surface area contributed by atoms with Crippen molar-refractivity contribution < 1.29 is 9.18 Å². The number of aryl methyl sites for hydroxylation is 1. The van der Waals surface area contributed by atoms with Crippen LogP contribution in [0.5, 0.6) is 0 Å². The van der Waals surface area contributed by atoms with Crippen LogP contribution in [0.1, 0.15) is 11.1 Å². The summed E-state index contributed by atoms with van der Waals surface area (Å²) < 4.78 is 14.2. The average Bonchev–Trinajstić information content (AvgIpc) is 3.61. The second-order valence-electron chi connectivity index (χ2n) is 10.0. The van der Waals surface area contributed by atoms with Gasteiger partial charge in [-0.2, -0.15) is 5.10 Å². The van der Waals surface area contributed by atoms with Crippen LogP contribution in [-0.2, 0) is 11.2 Å². The van der Waals surface area contributed by atoms with E-state index in [1.54, 1.807) is 31.0 Å². The Balaban J connectivity index is 1.22. The van der Waals surface area contributed by atoms with E-state index in [1.807, 2.05) is 55.5 Å². The van der Waals surface area contributed by atoms with Crippen LogP contribution in [-0.4, -0.2) is 41.0 Å². The smallest absolute Gasteiger partial charge is 0.228 e. The minimum absolute atomic E-state index is 0.132. The second-order valence-corrected chi connectivity index (χ2v) is 10.0. The van der Waals surface area contributed by atoms with Gasteiger partial charge in [-0.15, -0.1) is 0 Å². The fourth-order valence-electron chi connectivity index (χ4n) is 5.04. The summed E-state index contributed by atoms with van der Waals surface area (Å²) in [6.07, 6.45) is 8.64. The Labute approximate surface area is 238 Å². The molecule has 0 aliphatic carbocycles. The van der Waals surface area contributed by atoms with Gasteiger partial charge in [0.2, 0.25) is 5.91 Å². The SMILES string of the molecule is Cc1cc(F)cc(-c2cncc3[nH]c(-c4n[nH]c5cnc(-c6cncc(NC(=O)Cc7ccccc7)c6)cc45)nc23)c1. The Morgan fingerprint density at radius 2 is 1.76 bits per heavy atom. The molecule has 0 aliphatic rings. The summed E-state index contributed by atoms with van der Waals surface area (Å²) in [5, 5.41) is 11.3. The molecule has 7 rings (SSSR count). The molecule has 0 fully saturated rings. The summed E-state index contributed by atoms with van der Waals surface area (Å²) in [6.45, 7) is 1.85. The van der Waals surface area contributed by atoms with Gasteiger partial charge in [0.25, 0.3) is 0 Å². The maximum absolute atomic E-state index is 14.2. The lowest BCUT2D eigenvalue weighted by atomic mass is 10.0. The van der Waals surface area contributed by atoms with Crippen molar-refractivity contribution in [2.75, 3.05) is 5.32 Å². The molecule has 1 amide bonds. The zero-order chi connectivity index (χ0) is 28.6. The molecule has 0 saturated carbocycles. The van der Waals surface area contributed by atoms with E-state index in [-0.39, 0.29) is 18.1 Å². The van der Waals surface area contributed by atoms with E-state index in [2.05, 4.69) is 35.5 Å². The number of carbonyl (C=O) groups excluding carboxylic acids is 1. The normalized spacial score (nSPS) is 11.3. The first-order valence-electron chi connectivity index (χ1n) is 13.3. The number of H-pyrrole nitrogens is 2. The molecule has 0 saturated heterocycles. The van der Waals surface area contributed by atoms with Gasteiger partial charge in [0.15, 0.2) is 5.82 Å². The molecule has 5 aromatic heterocycles. The molecule has 0 aliphatic heterocycles. The van der Waals surface area contributed by atoms with E-state index in [0.29, 0.717) is 39.5 Å². The van der Waals surface area contributed by atoms with Gasteiger partial charge >= 0.3 is 0 Å². The maximum atomic E-state index is 14.2. The van der Waals surface area contributed by atoms with Crippen molar-refractivity contribution in [2.45, 2.75) is 13.3 Å². The van der Waals surface area contributed by atoms with E-state index >= 15 is 0 Å². The third kappa shape index (κ3) is 4.86. The number of imidazole rings is 1. The fourth-order valence-corrected chi connectivity index (χ4v) is 5.04. The number of anilines is 1. The summed E-state index contributed by atoms with van der Waals surface area (Å²) in [4.78, 5) is 34.0. The minimum Gasteiger partial charge on any atom is -0.335 e. The highest BCUT2D eigenvalue weighted by atomic mass is 19.1. The number of fused-ring (bicyclic) bond motifs is 2. The van der Waals surface area contributed by atoms with E-state index in [1.165, 1.54) is 12.1 Å². The van der Waals surface area contributed by atoms with Gasteiger partial charge in [0.05, 0.1) is 52.9 Å². The fraction of sp³-hybridized carbons (Fsp3) is 0.0625. The Bertz CT molecular complexity index is 2080. The first kappa shape index (κ1) is 25.2. The molecule has 7 aromatic rings. The molecular formula is C32H23FN8O. The summed E-state index contributed by atoms with van der Waals surface area (Å²) in [5.74, 6) is 0.0917. The van der Waals surface area contributed by atoms with Gasteiger partial charge in [-0.25, -0.2) is 9.37 Å². The van der Waals surface area contributed by atoms with Crippen molar-refractivity contribution in [1.29, 1.82) is 0 Å². The number of benzene rings is 2. The Hall–Kier alpha value is -5.77. The number of rotatable bonds is 6. The molecule has 3 N–H and O–H groups in total. The van der Waals surface area contributed by atoms with Crippen LogP contribution < -0.4 is 5.32 Å². The van der Waals surface area contributed by atoms with Crippen LogP contribution >= 0.6 is 0 Å². The van der Waals surface area contributed by atoms with Crippen molar-refractivity contribution in [1.82, 2.24) is 35.1 Å². The number of carbonyl (C=O) groups is 1. The molecular weight excluding hydrogens is 531 g/mol. The predicted molar refractivity (Wildman–Crippen MR) is 159 cm³/mol. The monoisotopic (exact) mass is 554 g/mol. The highest BCUT2D eigenvalue weighted by Gasteiger charge is 2.17. The largest absolute Gasteiger partial charge is 0.335 e. The standard InChI is InChI=1S/C32H23FN8O/c1-18-7-20(10-22(33)8-18)25-15-35-16-28-30(25)39-32(38-28)31-24-12-26(36-17-27(24)40-41-31)21-11-23(14-34-13-21)37-29(42)9-19-5-3-2-4-6-19/h2-8,10-17H,9H2,1H3,(H,37,42)(H,38,39)(H,40,41). The summed E-state index contributed by atoms with van der Waals surface area (Å²) in [7, 11) is 0. The van der Waals surface area contributed by atoms with E-state index < -0.39 is 0 Å². The van der Waals surface area contributed by atoms with Crippen molar-refractivity contribution in [3.63, 3.8) is 0 Å². The van der Waals surface area contributed by atoms with Crippen LogP contribution in [0.3, 0.4) is 0 Å². The van der Waals surface area contributed by atoms with E-state index in [9.17, 15) is 9.18 Å². The third-order valence-corrected chi connectivity index (χ3v) is 6.94. The maximum Gasteiger partial charge on any atom is 0.228 e. The van der Waals surface area contributed by atoms with Gasteiger partial charge in [0.1, 0.15) is 11.5 Å². The summed E-state index contributed by atoms with van der Waals surface area (Å²) >= 11 is 0. The Morgan fingerprint density at radius 1 is 0.905 bits per heavy atom. The van der Waals surface area contributed by atoms with Crippen molar-refractivity contribution in [3.8, 4) is 33.9 Å². The predicted octanol–water partition coefficient (Wildman–Crippen LogP) is 6.25. The highest BCUT2D eigenvalue weighted by Crippen LogP contribution is 2.33. The molecule has 204 valence electrons.